The minimum atomic E-state index is -4.45. The van der Waals surface area contributed by atoms with Crippen LogP contribution in [-0.2, 0) is 6.18 Å². The summed E-state index contributed by atoms with van der Waals surface area (Å²) in [5.41, 5.74) is -1.11. The molecule has 1 N–H and O–H groups in total. The number of nitrogens with zero attached hydrogens (tertiary/aromatic N) is 2. The maximum absolute atomic E-state index is 12.6. The van der Waals surface area contributed by atoms with E-state index in [1.807, 2.05) is 0 Å². The van der Waals surface area contributed by atoms with E-state index in [1.165, 1.54) is 51.0 Å². The second kappa shape index (κ2) is 11.4. The molecule has 0 aromatic carbocycles. The largest absolute Gasteiger partial charge is 0.435 e. The highest BCUT2D eigenvalue weighted by Gasteiger charge is 2.33. The Balaban J connectivity index is 2.66. The van der Waals surface area contributed by atoms with Crippen LogP contribution in [0.3, 0.4) is 0 Å². The Bertz CT molecular complexity index is 488. The van der Waals surface area contributed by atoms with Crippen LogP contribution in [0.1, 0.15) is 97.1 Å². The first-order valence-electron chi connectivity index (χ1n) is 10.00. The Hall–Kier alpha value is -1.33. The van der Waals surface area contributed by atoms with Gasteiger partial charge in [0.15, 0.2) is 5.69 Å². The number of unbranched alkanes of at least 4 members (excludes halogenated alkanes) is 7. The monoisotopic (exact) mass is 373 g/mol. The Kier molecular flexibility index (Phi) is 9.96. The van der Waals surface area contributed by atoms with Gasteiger partial charge in [-0.1, -0.05) is 71.6 Å². The Morgan fingerprint density at radius 2 is 1.35 bits per heavy atom. The summed E-state index contributed by atoms with van der Waals surface area (Å²) in [6, 6.07) is 2.38. The van der Waals surface area contributed by atoms with Gasteiger partial charge in [0, 0.05) is 5.54 Å². The molecule has 1 heterocycles. The van der Waals surface area contributed by atoms with Gasteiger partial charge >= 0.3 is 6.18 Å². The topological polar surface area (TPSA) is 37.8 Å². The van der Waals surface area contributed by atoms with Gasteiger partial charge in [-0.05, 0) is 31.9 Å². The molecule has 1 rings (SSSR count). The van der Waals surface area contributed by atoms with Gasteiger partial charge in [-0.2, -0.15) is 13.2 Å². The van der Waals surface area contributed by atoms with Crippen LogP contribution < -0.4 is 5.32 Å². The summed E-state index contributed by atoms with van der Waals surface area (Å²) in [6.45, 7) is 6.53. The molecule has 0 fully saturated rings. The van der Waals surface area contributed by atoms with Gasteiger partial charge in [-0.3, -0.25) is 0 Å². The minimum Gasteiger partial charge on any atom is -0.363 e. The molecule has 1 unspecified atom stereocenters. The molecule has 1 atom stereocenters. The average Bonchev–Trinajstić information content (AvgIpc) is 2.58. The van der Waals surface area contributed by atoms with Crippen molar-refractivity contribution in [3.63, 3.8) is 0 Å². The predicted molar refractivity (Wildman–Crippen MR) is 101 cm³/mol. The standard InChI is InChI=1S/C20H34F3N3/c1-4-6-8-10-12-16-19(3,15-11-9-7-5-2)24-18-14-13-17(25-26-18)20(21,22)23/h13-14H,4-12,15-16H2,1-3H3,(H,24,26). The van der Waals surface area contributed by atoms with E-state index < -0.39 is 11.9 Å². The molecule has 0 saturated carbocycles. The molecular weight excluding hydrogens is 339 g/mol. The fourth-order valence-electron chi connectivity index (χ4n) is 3.17. The van der Waals surface area contributed by atoms with E-state index in [0.717, 1.165) is 31.7 Å². The first-order valence-corrected chi connectivity index (χ1v) is 10.00. The number of aromatic nitrogens is 2. The number of nitrogens with one attached hydrogen (secondary N) is 1. The number of hydrogen-bond donors (Lipinski definition) is 1. The zero-order valence-corrected chi connectivity index (χ0v) is 16.5. The fourth-order valence-corrected chi connectivity index (χ4v) is 3.17. The van der Waals surface area contributed by atoms with Gasteiger partial charge in [0.1, 0.15) is 5.82 Å². The van der Waals surface area contributed by atoms with Gasteiger partial charge in [0.25, 0.3) is 0 Å². The van der Waals surface area contributed by atoms with Crippen LogP contribution >= 0.6 is 0 Å². The van der Waals surface area contributed by atoms with Crippen molar-refractivity contribution in [1.29, 1.82) is 0 Å². The molecule has 3 nitrogen and oxygen atoms in total. The lowest BCUT2D eigenvalue weighted by Gasteiger charge is -2.32. The molecule has 1 aromatic heterocycles. The van der Waals surface area contributed by atoms with Crippen molar-refractivity contribution in [2.45, 2.75) is 103 Å². The second-order valence-electron chi connectivity index (χ2n) is 7.46. The molecule has 150 valence electrons. The summed E-state index contributed by atoms with van der Waals surface area (Å²) >= 11 is 0. The number of alkyl halides is 3. The summed E-state index contributed by atoms with van der Waals surface area (Å²) in [4.78, 5) is 0. The first-order chi connectivity index (χ1) is 12.3. The van der Waals surface area contributed by atoms with Crippen molar-refractivity contribution < 1.29 is 13.2 Å². The van der Waals surface area contributed by atoms with Crippen LogP contribution in [0, 0.1) is 0 Å². The molecule has 0 aliphatic carbocycles. The summed E-state index contributed by atoms with van der Waals surface area (Å²) in [5, 5.41) is 10.4. The predicted octanol–water partition coefficient (Wildman–Crippen LogP) is 7.00. The van der Waals surface area contributed by atoms with Gasteiger partial charge in [0.2, 0.25) is 0 Å². The molecule has 26 heavy (non-hydrogen) atoms. The third-order valence-corrected chi connectivity index (χ3v) is 4.80. The molecule has 1 aromatic rings. The zero-order valence-electron chi connectivity index (χ0n) is 16.5. The highest BCUT2D eigenvalue weighted by Crippen LogP contribution is 2.29. The third kappa shape index (κ3) is 8.86. The molecule has 0 spiro atoms. The third-order valence-electron chi connectivity index (χ3n) is 4.80. The molecule has 0 aliphatic heterocycles. The van der Waals surface area contributed by atoms with Gasteiger partial charge in [-0.15, -0.1) is 10.2 Å². The van der Waals surface area contributed by atoms with E-state index in [2.05, 4.69) is 36.3 Å². The highest BCUT2D eigenvalue weighted by atomic mass is 19.4. The maximum atomic E-state index is 12.6. The number of halogens is 3. The van der Waals surface area contributed by atoms with E-state index in [1.54, 1.807) is 0 Å². The molecule has 0 amide bonds. The number of hydrogen-bond acceptors (Lipinski definition) is 3. The van der Waals surface area contributed by atoms with Crippen LogP contribution in [0.25, 0.3) is 0 Å². The minimum absolute atomic E-state index is 0.158. The van der Waals surface area contributed by atoms with Crippen LogP contribution in [0.4, 0.5) is 19.0 Å². The number of anilines is 1. The highest BCUT2D eigenvalue weighted by molar-refractivity contribution is 5.36. The number of rotatable bonds is 13. The van der Waals surface area contributed by atoms with Crippen molar-refractivity contribution in [3.8, 4) is 0 Å². The second-order valence-corrected chi connectivity index (χ2v) is 7.46. The van der Waals surface area contributed by atoms with E-state index in [9.17, 15) is 13.2 Å². The Labute approximate surface area is 156 Å². The lowest BCUT2D eigenvalue weighted by Crippen LogP contribution is -2.35. The normalized spacial score (nSPS) is 14.2. The summed E-state index contributed by atoms with van der Waals surface area (Å²) in [6.07, 6.45) is 8.25. The summed E-state index contributed by atoms with van der Waals surface area (Å²) < 4.78 is 37.9. The molecule has 6 heteroatoms. The molecule has 0 saturated heterocycles. The lowest BCUT2D eigenvalue weighted by atomic mass is 9.88. The SMILES string of the molecule is CCCCCCCC(C)(CCCCCC)Nc1ccc(C(F)(F)F)nn1. The van der Waals surface area contributed by atoms with Crippen LogP contribution in [0.2, 0.25) is 0 Å². The summed E-state index contributed by atoms with van der Waals surface area (Å²) in [5.74, 6) is 0.421. The van der Waals surface area contributed by atoms with Crippen molar-refractivity contribution in [3.05, 3.63) is 17.8 Å². The van der Waals surface area contributed by atoms with E-state index in [0.29, 0.717) is 5.82 Å². The van der Waals surface area contributed by atoms with E-state index in [-0.39, 0.29) is 5.54 Å². The molecule has 0 radical (unpaired) electrons. The van der Waals surface area contributed by atoms with E-state index in [4.69, 9.17) is 0 Å². The Morgan fingerprint density at radius 3 is 1.81 bits per heavy atom. The van der Waals surface area contributed by atoms with Crippen molar-refractivity contribution in [1.82, 2.24) is 10.2 Å². The fraction of sp³-hybridized carbons (Fsp3) is 0.800. The lowest BCUT2D eigenvalue weighted by molar-refractivity contribution is -0.141. The van der Waals surface area contributed by atoms with Gasteiger partial charge in [-0.25, -0.2) is 0 Å². The van der Waals surface area contributed by atoms with Crippen LogP contribution in [0.15, 0.2) is 12.1 Å². The zero-order chi connectivity index (χ0) is 19.5. The van der Waals surface area contributed by atoms with Crippen molar-refractivity contribution >= 4 is 5.82 Å². The van der Waals surface area contributed by atoms with E-state index >= 15 is 0 Å². The molecule has 0 aliphatic rings. The van der Waals surface area contributed by atoms with Gasteiger partial charge in [0.05, 0.1) is 0 Å². The average molecular weight is 374 g/mol. The van der Waals surface area contributed by atoms with Crippen LogP contribution in [0.5, 0.6) is 0 Å². The summed E-state index contributed by atoms with van der Waals surface area (Å²) in [7, 11) is 0. The Morgan fingerprint density at radius 1 is 0.808 bits per heavy atom. The van der Waals surface area contributed by atoms with Gasteiger partial charge < -0.3 is 5.32 Å². The van der Waals surface area contributed by atoms with Crippen molar-refractivity contribution in [2.75, 3.05) is 5.32 Å². The quantitative estimate of drug-likeness (QED) is 0.378. The molecule has 0 bridgehead atoms. The molecular formula is C20H34F3N3. The van der Waals surface area contributed by atoms with Crippen molar-refractivity contribution in [2.24, 2.45) is 0 Å². The first kappa shape index (κ1) is 22.7. The van der Waals surface area contributed by atoms with Crippen LogP contribution in [-0.4, -0.2) is 15.7 Å². The maximum Gasteiger partial charge on any atom is 0.435 e. The smallest absolute Gasteiger partial charge is 0.363 e.